The van der Waals surface area contributed by atoms with Gasteiger partial charge in [0.1, 0.15) is 0 Å². The summed E-state index contributed by atoms with van der Waals surface area (Å²) in [5, 5.41) is 0. The summed E-state index contributed by atoms with van der Waals surface area (Å²) >= 11 is 0. The SMILES string of the molecule is CC(C)C1CC2CN(C3CN(C)C3)CC21. The van der Waals surface area contributed by atoms with Crippen LogP contribution in [0.3, 0.4) is 0 Å². The molecular formula is C13H24N2. The van der Waals surface area contributed by atoms with Crippen LogP contribution in [0.2, 0.25) is 0 Å². The molecule has 0 aromatic carbocycles. The Morgan fingerprint density at radius 3 is 2.40 bits per heavy atom. The van der Waals surface area contributed by atoms with Crippen LogP contribution in [0.1, 0.15) is 20.3 Å². The minimum Gasteiger partial charge on any atom is -0.303 e. The van der Waals surface area contributed by atoms with Crippen LogP contribution < -0.4 is 0 Å². The molecule has 0 spiro atoms. The fourth-order valence-corrected chi connectivity index (χ4v) is 3.96. The first kappa shape index (κ1) is 10.1. The molecule has 2 nitrogen and oxygen atoms in total. The summed E-state index contributed by atoms with van der Waals surface area (Å²) in [6.45, 7) is 10.2. The lowest BCUT2D eigenvalue weighted by molar-refractivity contribution is 0.0634. The summed E-state index contributed by atoms with van der Waals surface area (Å²) in [6.07, 6.45) is 1.52. The van der Waals surface area contributed by atoms with E-state index >= 15 is 0 Å². The molecule has 0 radical (unpaired) electrons. The van der Waals surface area contributed by atoms with Crippen molar-refractivity contribution in [2.45, 2.75) is 26.3 Å². The van der Waals surface area contributed by atoms with E-state index in [2.05, 4.69) is 30.7 Å². The van der Waals surface area contributed by atoms with Crippen LogP contribution in [0.4, 0.5) is 0 Å². The molecule has 2 heterocycles. The number of fused-ring (bicyclic) bond motifs is 1. The van der Waals surface area contributed by atoms with Crippen molar-refractivity contribution in [3.8, 4) is 0 Å². The van der Waals surface area contributed by atoms with Gasteiger partial charge in [0.2, 0.25) is 0 Å². The molecule has 3 atom stereocenters. The highest BCUT2D eigenvalue weighted by molar-refractivity contribution is 5.01. The second-order valence-electron chi connectivity index (χ2n) is 6.40. The molecule has 1 saturated carbocycles. The van der Waals surface area contributed by atoms with Gasteiger partial charge in [-0.25, -0.2) is 0 Å². The number of nitrogens with zero attached hydrogens (tertiary/aromatic N) is 2. The highest BCUT2D eigenvalue weighted by Gasteiger charge is 2.49. The van der Waals surface area contributed by atoms with Gasteiger partial charge in [-0.15, -0.1) is 0 Å². The van der Waals surface area contributed by atoms with Crippen molar-refractivity contribution in [3.63, 3.8) is 0 Å². The molecule has 15 heavy (non-hydrogen) atoms. The Bertz CT molecular complexity index is 245. The Morgan fingerprint density at radius 1 is 1.07 bits per heavy atom. The molecular weight excluding hydrogens is 184 g/mol. The largest absolute Gasteiger partial charge is 0.303 e. The molecule has 2 aliphatic heterocycles. The van der Waals surface area contributed by atoms with Gasteiger partial charge in [-0.3, -0.25) is 4.90 Å². The van der Waals surface area contributed by atoms with Crippen molar-refractivity contribution in [3.05, 3.63) is 0 Å². The summed E-state index contributed by atoms with van der Waals surface area (Å²) in [5.41, 5.74) is 0. The van der Waals surface area contributed by atoms with Crippen LogP contribution in [0, 0.1) is 23.7 Å². The molecule has 0 amide bonds. The number of likely N-dealkylation sites (N-methyl/N-ethyl adjacent to an activating group) is 1. The zero-order chi connectivity index (χ0) is 10.6. The maximum atomic E-state index is 2.78. The summed E-state index contributed by atoms with van der Waals surface area (Å²) in [5.74, 6) is 4.06. The predicted octanol–water partition coefficient (Wildman–Crippen LogP) is 1.52. The van der Waals surface area contributed by atoms with Gasteiger partial charge in [-0.2, -0.15) is 0 Å². The van der Waals surface area contributed by atoms with Crippen molar-refractivity contribution >= 4 is 0 Å². The first-order chi connectivity index (χ1) is 7.15. The van der Waals surface area contributed by atoms with Crippen molar-refractivity contribution < 1.29 is 0 Å². The van der Waals surface area contributed by atoms with Gasteiger partial charge in [0.05, 0.1) is 0 Å². The third-order valence-electron chi connectivity index (χ3n) is 5.06. The summed E-state index contributed by atoms with van der Waals surface area (Å²) in [7, 11) is 2.23. The Balaban J connectivity index is 1.55. The summed E-state index contributed by atoms with van der Waals surface area (Å²) in [6, 6.07) is 0.897. The second-order valence-corrected chi connectivity index (χ2v) is 6.40. The van der Waals surface area contributed by atoms with Gasteiger partial charge < -0.3 is 4.90 Å². The lowest BCUT2D eigenvalue weighted by Gasteiger charge is -2.42. The standard InChI is InChI=1S/C13H24N2/c1-9(2)12-4-10-5-15(8-13(10)12)11-6-14(3)7-11/h9-13H,4-8H2,1-3H3. The molecule has 86 valence electrons. The van der Waals surface area contributed by atoms with Crippen molar-refractivity contribution in [1.82, 2.24) is 9.80 Å². The Hall–Kier alpha value is -0.0800. The first-order valence-electron chi connectivity index (χ1n) is 6.57. The maximum absolute atomic E-state index is 2.78. The van der Waals surface area contributed by atoms with Crippen LogP contribution in [-0.2, 0) is 0 Å². The van der Waals surface area contributed by atoms with E-state index in [-0.39, 0.29) is 0 Å². The van der Waals surface area contributed by atoms with Gasteiger partial charge in [0.15, 0.2) is 0 Å². The van der Waals surface area contributed by atoms with Crippen LogP contribution in [-0.4, -0.2) is 49.1 Å². The van der Waals surface area contributed by atoms with Crippen molar-refractivity contribution in [2.75, 3.05) is 33.2 Å². The van der Waals surface area contributed by atoms with E-state index in [1.54, 1.807) is 0 Å². The van der Waals surface area contributed by atoms with E-state index in [0.717, 1.165) is 29.7 Å². The molecule has 1 aliphatic carbocycles. The molecule has 3 aliphatic rings. The molecule has 2 saturated heterocycles. The Morgan fingerprint density at radius 2 is 1.80 bits per heavy atom. The molecule has 3 unspecified atom stereocenters. The van der Waals surface area contributed by atoms with E-state index in [4.69, 9.17) is 0 Å². The van der Waals surface area contributed by atoms with Gasteiger partial charge in [-0.05, 0) is 37.1 Å². The van der Waals surface area contributed by atoms with E-state index < -0.39 is 0 Å². The van der Waals surface area contributed by atoms with Gasteiger partial charge in [0, 0.05) is 32.2 Å². The topological polar surface area (TPSA) is 6.48 Å². The zero-order valence-corrected chi connectivity index (χ0v) is 10.3. The molecule has 0 aromatic heterocycles. The normalized spacial score (nSPS) is 42.8. The molecule has 2 heteroatoms. The van der Waals surface area contributed by atoms with Gasteiger partial charge in [0.25, 0.3) is 0 Å². The fourth-order valence-electron chi connectivity index (χ4n) is 3.96. The average molecular weight is 208 g/mol. The molecule has 3 fully saturated rings. The van der Waals surface area contributed by atoms with Crippen LogP contribution in [0.25, 0.3) is 0 Å². The van der Waals surface area contributed by atoms with Crippen molar-refractivity contribution in [2.24, 2.45) is 23.7 Å². The van der Waals surface area contributed by atoms with Crippen LogP contribution in [0.5, 0.6) is 0 Å². The Kier molecular flexibility index (Phi) is 2.33. The fraction of sp³-hybridized carbons (Fsp3) is 1.00. The van der Waals surface area contributed by atoms with Crippen LogP contribution >= 0.6 is 0 Å². The molecule has 0 N–H and O–H groups in total. The number of rotatable bonds is 2. The maximum Gasteiger partial charge on any atom is 0.0350 e. The molecule has 0 aromatic rings. The minimum atomic E-state index is 0.897. The zero-order valence-electron chi connectivity index (χ0n) is 10.3. The molecule has 0 bridgehead atoms. The number of hydrogen-bond donors (Lipinski definition) is 0. The quantitative estimate of drug-likeness (QED) is 0.679. The van der Waals surface area contributed by atoms with E-state index in [0.29, 0.717) is 0 Å². The number of hydrogen-bond acceptors (Lipinski definition) is 2. The lowest BCUT2D eigenvalue weighted by Crippen LogP contribution is -2.57. The summed E-state index contributed by atoms with van der Waals surface area (Å²) < 4.78 is 0. The lowest BCUT2D eigenvalue weighted by atomic mass is 9.62. The van der Waals surface area contributed by atoms with Crippen molar-refractivity contribution in [1.29, 1.82) is 0 Å². The van der Waals surface area contributed by atoms with Gasteiger partial charge in [-0.1, -0.05) is 13.8 Å². The van der Waals surface area contributed by atoms with E-state index in [9.17, 15) is 0 Å². The monoisotopic (exact) mass is 208 g/mol. The first-order valence-corrected chi connectivity index (χ1v) is 6.57. The highest BCUT2D eigenvalue weighted by Crippen LogP contribution is 2.49. The smallest absolute Gasteiger partial charge is 0.0350 e. The van der Waals surface area contributed by atoms with E-state index in [1.165, 1.54) is 32.6 Å². The highest BCUT2D eigenvalue weighted by atomic mass is 15.3. The summed E-state index contributed by atoms with van der Waals surface area (Å²) in [4.78, 5) is 5.21. The number of likely N-dealkylation sites (tertiary alicyclic amines) is 2. The van der Waals surface area contributed by atoms with Gasteiger partial charge >= 0.3 is 0 Å². The van der Waals surface area contributed by atoms with Crippen LogP contribution in [0.15, 0.2) is 0 Å². The molecule has 3 rings (SSSR count). The average Bonchev–Trinajstić information content (AvgIpc) is 2.39. The Labute approximate surface area is 93.6 Å². The third kappa shape index (κ3) is 1.53. The minimum absolute atomic E-state index is 0.897. The second kappa shape index (κ2) is 3.46. The third-order valence-corrected chi connectivity index (χ3v) is 5.06. The predicted molar refractivity (Wildman–Crippen MR) is 62.8 cm³/mol. The van der Waals surface area contributed by atoms with E-state index in [1.807, 2.05) is 0 Å².